The predicted molar refractivity (Wildman–Crippen MR) is 82.8 cm³/mol. The second-order valence-corrected chi connectivity index (χ2v) is 4.83. The van der Waals surface area contributed by atoms with Gasteiger partial charge in [0.05, 0.1) is 16.7 Å². The fourth-order valence-electron chi connectivity index (χ4n) is 1.55. The molecule has 1 rings (SSSR count). The highest BCUT2D eigenvalue weighted by Gasteiger charge is 2.09. The number of ether oxygens (including phenoxy) is 1. The summed E-state index contributed by atoms with van der Waals surface area (Å²) in [7, 11) is 0. The molecule has 0 aliphatic rings. The molecular weight excluding hydrogens is 301 g/mol. The van der Waals surface area contributed by atoms with Gasteiger partial charge in [0, 0.05) is 19.5 Å². The zero-order valence-corrected chi connectivity index (χ0v) is 13.1. The van der Waals surface area contributed by atoms with Crippen LogP contribution >= 0.6 is 23.2 Å². The van der Waals surface area contributed by atoms with E-state index in [1.54, 1.807) is 13.0 Å². The van der Waals surface area contributed by atoms with Gasteiger partial charge in [-0.05, 0) is 26.3 Å². The molecule has 0 amide bonds. The second kappa shape index (κ2) is 8.87. The van der Waals surface area contributed by atoms with E-state index in [1.165, 1.54) is 0 Å². The number of anilines is 2. The average Bonchev–Trinajstić information content (AvgIpc) is 2.40. The van der Waals surface area contributed by atoms with Crippen molar-refractivity contribution in [1.82, 2.24) is 4.98 Å². The van der Waals surface area contributed by atoms with E-state index < -0.39 is 0 Å². The van der Waals surface area contributed by atoms with Crippen LogP contribution in [0.15, 0.2) is 6.07 Å². The number of esters is 1. The number of hydrogen-bond donors (Lipinski definition) is 2. The van der Waals surface area contributed by atoms with Gasteiger partial charge in [0.2, 0.25) is 0 Å². The monoisotopic (exact) mass is 319 g/mol. The summed E-state index contributed by atoms with van der Waals surface area (Å²) in [6.45, 7) is 5.45. The number of nitrogens with zero attached hydrogens (tertiary/aromatic N) is 1. The first-order valence-electron chi connectivity index (χ1n) is 6.57. The van der Waals surface area contributed by atoms with Crippen LogP contribution in [0.5, 0.6) is 0 Å². The van der Waals surface area contributed by atoms with Crippen LogP contribution in [0, 0.1) is 0 Å². The van der Waals surface area contributed by atoms with Gasteiger partial charge in [-0.2, -0.15) is 0 Å². The minimum Gasteiger partial charge on any atom is -0.466 e. The summed E-state index contributed by atoms with van der Waals surface area (Å²) in [5.41, 5.74) is 0. The lowest BCUT2D eigenvalue weighted by molar-refractivity contribution is -0.143. The molecule has 7 heteroatoms. The Balaban J connectivity index is 2.51. The van der Waals surface area contributed by atoms with Crippen LogP contribution in [0.1, 0.15) is 26.7 Å². The molecule has 1 aromatic rings. The molecule has 5 nitrogen and oxygen atoms in total. The highest BCUT2D eigenvalue weighted by Crippen LogP contribution is 2.29. The van der Waals surface area contributed by atoms with Crippen molar-refractivity contribution >= 4 is 40.8 Å². The Morgan fingerprint density at radius 3 is 2.50 bits per heavy atom. The molecule has 0 bridgehead atoms. The van der Waals surface area contributed by atoms with Gasteiger partial charge in [-0.15, -0.1) is 0 Å². The van der Waals surface area contributed by atoms with E-state index >= 15 is 0 Å². The molecule has 0 saturated heterocycles. The standard InChI is InChI=1S/C13H19Cl2N3O2/c1-3-16-12-9(14)8-10(15)13(18-12)17-7-5-6-11(19)20-4-2/h8H,3-7H2,1-2H3,(H2,16,17,18). The number of aromatic nitrogens is 1. The molecule has 2 N–H and O–H groups in total. The number of halogens is 2. The van der Waals surface area contributed by atoms with Gasteiger partial charge < -0.3 is 15.4 Å². The smallest absolute Gasteiger partial charge is 0.305 e. The van der Waals surface area contributed by atoms with E-state index in [9.17, 15) is 4.79 Å². The summed E-state index contributed by atoms with van der Waals surface area (Å²) in [6, 6.07) is 1.64. The summed E-state index contributed by atoms with van der Waals surface area (Å²) in [4.78, 5) is 15.5. The first-order chi connectivity index (χ1) is 9.58. The summed E-state index contributed by atoms with van der Waals surface area (Å²) < 4.78 is 4.85. The van der Waals surface area contributed by atoms with Crippen LogP contribution < -0.4 is 10.6 Å². The summed E-state index contributed by atoms with van der Waals surface area (Å²) in [5.74, 6) is 0.945. The summed E-state index contributed by atoms with van der Waals surface area (Å²) in [6.07, 6.45) is 1.02. The van der Waals surface area contributed by atoms with Gasteiger partial charge in [-0.1, -0.05) is 23.2 Å². The van der Waals surface area contributed by atoms with Crippen LogP contribution in [-0.4, -0.2) is 30.6 Å². The van der Waals surface area contributed by atoms with Crippen LogP contribution in [-0.2, 0) is 9.53 Å². The Hall–Kier alpha value is -1.20. The van der Waals surface area contributed by atoms with E-state index in [-0.39, 0.29) is 5.97 Å². The minimum atomic E-state index is -0.196. The molecule has 0 unspecified atom stereocenters. The van der Waals surface area contributed by atoms with Gasteiger partial charge >= 0.3 is 5.97 Å². The zero-order chi connectivity index (χ0) is 15.0. The molecule has 1 aromatic heterocycles. The minimum absolute atomic E-state index is 0.196. The molecule has 0 saturated carbocycles. The Labute approximate surface area is 129 Å². The van der Waals surface area contributed by atoms with Crippen LogP contribution in [0.3, 0.4) is 0 Å². The average molecular weight is 320 g/mol. The fourth-order valence-corrected chi connectivity index (χ4v) is 2.05. The van der Waals surface area contributed by atoms with E-state index in [2.05, 4.69) is 15.6 Å². The third-order valence-electron chi connectivity index (χ3n) is 2.43. The third-order valence-corrected chi connectivity index (χ3v) is 3.01. The highest BCUT2D eigenvalue weighted by atomic mass is 35.5. The lowest BCUT2D eigenvalue weighted by Gasteiger charge is -2.11. The number of hydrogen-bond acceptors (Lipinski definition) is 5. The van der Waals surface area contributed by atoms with Gasteiger partial charge in [0.1, 0.15) is 11.6 Å². The molecule has 0 aliphatic heterocycles. The lowest BCUT2D eigenvalue weighted by Crippen LogP contribution is -2.10. The van der Waals surface area contributed by atoms with Crippen molar-refractivity contribution in [1.29, 1.82) is 0 Å². The van der Waals surface area contributed by atoms with Gasteiger partial charge in [0.15, 0.2) is 0 Å². The third kappa shape index (κ3) is 5.43. The number of carbonyl (C=O) groups is 1. The first-order valence-corrected chi connectivity index (χ1v) is 7.33. The Bertz CT molecular complexity index is 455. The van der Waals surface area contributed by atoms with E-state index in [0.717, 1.165) is 6.54 Å². The van der Waals surface area contributed by atoms with Crippen molar-refractivity contribution in [3.05, 3.63) is 16.1 Å². The first kappa shape index (κ1) is 16.9. The molecular formula is C13H19Cl2N3O2. The maximum absolute atomic E-state index is 11.2. The molecule has 0 fully saturated rings. The number of nitrogens with one attached hydrogen (secondary N) is 2. The van der Waals surface area contributed by atoms with E-state index in [1.807, 2.05) is 6.92 Å². The van der Waals surface area contributed by atoms with Crippen molar-refractivity contribution < 1.29 is 9.53 Å². The van der Waals surface area contributed by atoms with Crippen molar-refractivity contribution in [2.24, 2.45) is 0 Å². The molecule has 1 heterocycles. The van der Waals surface area contributed by atoms with E-state index in [0.29, 0.717) is 47.7 Å². The van der Waals surface area contributed by atoms with Crippen LogP contribution in [0.4, 0.5) is 11.6 Å². The van der Waals surface area contributed by atoms with Gasteiger partial charge in [-0.25, -0.2) is 4.98 Å². The molecule has 112 valence electrons. The summed E-state index contributed by atoms with van der Waals surface area (Å²) >= 11 is 12.1. The van der Waals surface area contributed by atoms with Gasteiger partial charge in [-0.3, -0.25) is 4.79 Å². The Morgan fingerprint density at radius 2 is 1.90 bits per heavy atom. The summed E-state index contributed by atoms with van der Waals surface area (Å²) in [5, 5.41) is 7.07. The van der Waals surface area contributed by atoms with Crippen molar-refractivity contribution in [2.75, 3.05) is 30.3 Å². The number of rotatable bonds is 8. The highest BCUT2D eigenvalue weighted by molar-refractivity contribution is 6.37. The second-order valence-electron chi connectivity index (χ2n) is 4.01. The quantitative estimate of drug-likeness (QED) is 0.566. The van der Waals surface area contributed by atoms with Crippen molar-refractivity contribution in [3.63, 3.8) is 0 Å². The Morgan fingerprint density at radius 1 is 1.25 bits per heavy atom. The molecule has 0 spiro atoms. The van der Waals surface area contributed by atoms with Crippen molar-refractivity contribution in [2.45, 2.75) is 26.7 Å². The van der Waals surface area contributed by atoms with Crippen LogP contribution in [0.2, 0.25) is 10.0 Å². The number of pyridine rings is 1. The van der Waals surface area contributed by atoms with Crippen molar-refractivity contribution in [3.8, 4) is 0 Å². The molecule has 0 radical (unpaired) electrons. The molecule has 0 aromatic carbocycles. The largest absolute Gasteiger partial charge is 0.466 e. The molecule has 0 aliphatic carbocycles. The maximum Gasteiger partial charge on any atom is 0.305 e. The fraction of sp³-hybridized carbons (Fsp3) is 0.538. The predicted octanol–water partition coefficient (Wildman–Crippen LogP) is 3.58. The molecule has 20 heavy (non-hydrogen) atoms. The SMILES string of the molecule is CCNc1nc(NCCCC(=O)OCC)c(Cl)cc1Cl. The van der Waals surface area contributed by atoms with Gasteiger partial charge in [0.25, 0.3) is 0 Å². The number of carbonyl (C=O) groups excluding carboxylic acids is 1. The molecule has 0 atom stereocenters. The normalized spacial score (nSPS) is 10.2. The zero-order valence-electron chi connectivity index (χ0n) is 11.6. The maximum atomic E-state index is 11.2. The van der Waals surface area contributed by atoms with Crippen LogP contribution in [0.25, 0.3) is 0 Å². The lowest BCUT2D eigenvalue weighted by atomic mass is 10.3. The Kier molecular flexibility index (Phi) is 7.47. The topological polar surface area (TPSA) is 63.2 Å². The van der Waals surface area contributed by atoms with E-state index in [4.69, 9.17) is 27.9 Å².